The molecule has 0 aromatic heterocycles. The number of piperidine rings is 1. The summed E-state index contributed by atoms with van der Waals surface area (Å²) in [6, 6.07) is 5.81. The summed E-state index contributed by atoms with van der Waals surface area (Å²) in [4.78, 5) is 13.8. The molecule has 1 fully saturated rings. The van der Waals surface area contributed by atoms with Gasteiger partial charge in [0.25, 0.3) is 0 Å². The Kier molecular flexibility index (Phi) is 4.05. The van der Waals surface area contributed by atoms with Crippen molar-refractivity contribution in [3.8, 4) is 0 Å². The van der Waals surface area contributed by atoms with E-state index in [0.29, 0.717) is 5.56 Å². The summed E-state index contributed by atoms with van der Waals surface area (Å²) in [5.41, 5.74) is 1.75. The molecule has 4 heteroatoms. The van der Waals surface area contributed by atoms with Gasteiger partial charge in [-0.3, -0.25) is 0 Å². The number of halogens is 1. The molecule has 1 aliphatic heterocycles. The highest BCUT2D eigenvalue weighted by Gasteiger charge is 2.15. The molecule has 92 valence electrons. The van der Waals surface area contributed by atoms with Gasteiger partial charge in [0.15, 0.2) is 0 Å². The summed E-state index contributed by atoms with van der Waals surface area (Å²) in [6.45, 7) is 2.20. The number of hydrogen-bond donors (Lipinski definition) is 0. The highest BCUT2D eigenvalue weighted by Crippen LogP contribution is 2.26. The molecule has 0 unspecified atom stereocenters. The lowest BCUT2D eigenvalue weighted by Gasteiger charge is -2.29. The number of anilines is 1. The van der Waals surface area contributed by atoms with Crippen molar-refractivity contribution in [2.45, 2.75) is 19.3 Å². The third-order valence-corrected chi connectivity index (χ3v) is 3.74. The van der Waals surface area contributed by atoms with Gasteiger partial charge in [-0.25, -0.2) is 4.79 Å². The SMILES string of the molecule is COC(=O)c1ccc(N2CCCCC2)cc1Br. The topological polar surface area (TPSA) is 29.5 Å². The Hall–Kier alpha value is -1.03. The largest absolute Gasteiger partial charge is 0.465 e. The summed E-state index contributed by atoms with van der Waals surface area (Å²) in [6.07, 6.45) is 3.81. The number of benzene rings is 1. The fraction of sp³-hybridized carbons (Fsp3) is 0.462. The lowest BCUT2D eigenvalue weighted by atomic mass is 10.1. The Morgan fingerprint density at radius 1 is 1.29 bits per heavy atom. The molecule has 1 saturated heterocycles. The molecule has 2 rings (SSSR count). The van der Waals surface area contributed by atoms with E-state index < -0.39 is 0 Å². The van der Waals surface area contributed by atoms with E-state index in [9.17, 15) is 4.79 Å². The molecule has 1 aliphatic rings. The van der Waals surface area contributed by atoms with Crippen LogP contribution in [0.25, 0.3) is 0 Å². The molecule has 0 N–H and O–H groups in total. The van der Waals surface area contributed by atoms with Gasteiger partial charge in [0.05, 0.1) is 12.7 Å². The molecule has 0 spiro atoms. The van der Waals surface area contributed by atoms with Crippen molar-refractivity contribution in [1.29, 1.82) is 0 Å². The zero-order valence-electron chi connectivity index (χ0n) is 9.91. The first-order valence-corrected chi connectivity index (χ1v) is 6.64. The first kappa shape index (κ1) is 12.4. The molecular weight excluding hydrogens is 282 g/mol. The molecule has 0 amide bonds. The van der Waals surface area contributed by atoms with Crippen molar-refractivity contribution in [3.05, 3.63) is 28.2 Å². The number of carbonyl (C=O) groups excluding carboxylic acids is 1. The van der Waals surface area contributed by atoms with Crippen molar-refractivity contribution >= 4 is 27.6 Å². The maximum absolute atomic E-state index is 11.5. The van der Waals surface area contributed by atoms with Crippen LogP contribution < -0.4 is 4.90 Å². The normalized spacial score (nSPS) is 15.8. The molecule has 0 saturated carbocycles. The van der Waals surface area contributed by atoms with Gasteiger partial charge in [0.1, 0.15) is 0 Å². The molecule has 0 bridgehead atoms. The average molecular weight is 298 g/mol. The molecule has 0 atom stereocenters. The predicted octanol–water partition coefficient (Wildman–Crippen LogP) is 3.23. The maximum Gasteiger partial charge on any atom is 0.339 e. The number of methoxy groups -OCH3 is 1. The van der Waals surface area contributed by atoms with Gasteiger partial charge in [-0.15, -0.1) is 0 Å². The van der Waals surface area contributed by atoms with Gasteiger partial charge in [-0.2, -0.15) is 0 Å². The van der Waals surface area contributed by atoms with Crippen LogP contribution in [0.4, 0.5) is 5.69 Å². The van der Waals surface area contributed by atoms with Crippen LogP contribution in [0.3, 0.4) is 0 Å². The number of ether oxygens (including phenoxy) is 1. The average Bonchev–Trinajstić information content (AvgIpc) is 2.39. The lowest BCUT2D eigenvalue weighted by molar-refractivity contribution is 0.0599. The zero-order valence-corrected chi connectivity index (χ0v) is 11.5. The Bertz CT molecular complexity index is 414. The molecule has 1 aromatic rings. The molecule has 0 aliphatic carbocycles. The van der Waals surface area contributed by atoms with Gasteiger partial charge in [0, 0.05) is 23.2 Å². The minimum absolute atomic E-state index is 0.304. The number of hydrogen-bond acceptors (Lipinski definition) is 3. The summed E-state index contributed by atoms with van der Waals surface area (Å²) in [5.74, 6) is -0.304. The molecule has 3 nitrogen and oxygen atoms in total. The Labute approximate surface area is 110 Å². The summed E-state index contributed by atoms with van der Waals surface area (Å²) in [7, 11) is 1.40. The smallest absolute Gasteiger partial charge is 0.339 e. The Balaban J connectivity index is 2.20. The van der Waals surface area contributed by atoms with Gasteiger partial charge in [-0.1, -0.05) is 0 Å². The van der Waals surface area contributed by atoms with Crippen LogP contribution in [-0.2, 0) is 4.74 Å². The molecular formula is C13H16BrNO2. The fourth-order valence-corrected chi connectivity index (χ4v) is 2.66. The standard InChI is InChI=1S/C13H16BrNO2/c1-17-13(16)11-6-5-10(9-12(11)14)15-7-3-2-4-8-15/h5-6,9H,2-4,7-8H2,1H3. The third-order valence-electron chi connectivity index (χ3n) is 3.08. The lowest BCUT2D eigenvalue weighted by Crippen LogP contribution is -2.29. The Morgan fingerprint density at radius 3 is 2.59 bits per heavy atom. The third kappa shape index (κ3) is 2.80. The summed E-state index contributed by atoms with van der Waals surface area (Å²) < 4.78 is 5.52. The highest BCUT2D eigenvalue weighted by molar-refractivity contribution is 9.10. The van der Waals surface area contributed by atoms with Gasteiger partial charge >= 0.3 is 5.97 Å². The summed E-state index contributed by atoms with van der Waals surface area (Å²) >= 11 is 3.43. The summed E-state index contributed by atoms with van der Waals surface area (Å²) in [5, 5.41) is 0. The number of nitrogens with zero attached hydrogens (tertiary/aromatic N) is 1. The number of rotatable bonds is 2. The van der Waals surface area contributed by atoms with E-state index in [1.807, 2.05) is 18.2 Å². The second-order valence-corrected chi connectivity index (χ2v) is 5.06. The van der Waals surface area contributed by atoms with Crippen LogP contribution in [0.1, 0.15) is 29.6 Å². The van der Waals surface area contributed by atoms with E-state index in [1.54, 1.807) is 0 Å². The van der Waals surface area contributed by atoms with E-state index >= 15 is 0 Å². The van der Waals surface area contributed by atoms with E-state index in [1.165, 1.54) is 32.1 Å². The quantitative estimate of drug-likeness (QED) is 0.785. The first-order valence-electron chi connectivity index (χ1n) is 5.85. The molecule has 0 radical (unpaired) electrons. The zero-order chi connectivity index (χ0) is 12.3. The second kappa shape index (κ2) is 5.54. The van der Waals surface area contributed by atoms with E-state index in [4.69, 9.17) is 4.74 Å². The second-order valence-electron chi connectivity index (χ2n) is 4.20. The number of carbonyl (C=O) groups is 1. The van der Waals surface area contributed by atoms with Crippen LogP contribution in [0.5, 0.6) is 0 Å². The number of esters is 1. The van der Waals surface area contributed by atoms with Crippen LogP contribution in [0, 0.1) is 0 Å². The maximum atomic E-state index is 11.5. The predicted molar refractivity (Wildman–Crippen MR) is 71.5 cm³/mol. The molecule has 1 heterocycles. The highest BCUT2D eigenvalue weighted by atomic mass is 79.9. The van der Waals surface area contributed by atoms with Gasteiger partial charge in [-0.05, 0) is 53.4 Å². The van der Waals surface area contributed by atoms with E-state index in [-0.39, 0.29) is 5.97 Å². The molecule has 1 aromatic carbocycles. The minimum Gasteiger partial charge on any atom is -0.465 e. The van der Waals surface area contributed by atoms with Crippen molar-refractivity contribution in [2.24, 2.45) is 0 Å². The van der Waals surface area contributed by atoms with Gasteiger partial charge in [0.2, 0.25) is 0 Å². The van der Waals surface area contributed by atoms with Crippen molar-refractivity contribution in [2.75, 3.05) is 25.1 Å². The fourth-order valence-electron chi connectivity index (χ4n) is 2.13. The van der Waals surface area contributed by atoms with Gasteiger partial charge < -0.3 is 9.64 Å². The monoisotopic (exact) mass is 297 g/mol. The van der Waals surface area contributed by atoms with E-state index in [0.717, 1.165) is 17.6 Å². The van der Waals surface area contributed by atoms with Crippen molar-refractivity contribution < 1.29 is 9.53 Å². The van der Waals surface area contributed by atoms with Crippen LogP contribution in [0.2, 0.25) is 0 Å². The van der Waals surface area contributed by atoms with Crippen LogP contribution in [-0.4, -0.2) is 26.2 Å². The minimum atomic E-state index is -0.304. The van der Waals surface area contributed by atoms with E-state index in [2.05, 4.69) is 20.8 Å². The first-order chi connectivity index (χ1) is 8.22. The van der Waals surface area contributed by atoms with Crippen molar-refractivity contribution in [3.63, 3.8) is 0 Å². The molecule has 17 heavy (non-hydrogen) atoms. The van der Waals surface area contributed by atoms with Crippen molar-refractivity contribution in [1.82, 2.24) is 0 Å². The van der Waals surface area contributed by atoms with Crippen LogP contribution in [0.15, 0.2) is 22.7 Å². The Morgan fingerprint density at radius 2 is 2.00 bits per heavy atom. The van der Waals surface area contributed by atoms with Crippen LogP contribution >= 0.6 is 15.9 Å².